The van der Waals surface area contributed by atoms with Crippen LogP contribution in [-0.4, -0.2) is 17.0 Å². The Balaban J connectivity index is 2.04. The molecule has 0 spiro atoms. The molecule has 0 atom stereocenters. The predicted octanol–water partition coefficient (Wildman–Crippen LogP) is 4.60. The molecule has 0 N–H and O–H groups in total. The van der Waals surface area contributed by atoms with Crippen LogP contribution in [0.5, 0.6) is 5.75 Å². The second-order valence-electron chi connectivity index (χ2n) is 6.08. The highest BCUT2D eigenvalue weighted by molar-refractivity contribution is 5.81. The number of para-hydroxylation sites is 1. The molecule has 0 fully saturated rings. The Labute approximate surface area is 136 Å². The fourth-order valence-electron chi connectivity index (χ4n) is 2.87. The van der Waals surface area contributed by atoms with E-state index < -0.39 is 0 Å². The summed E-state index contributed by atoms with van der Waals surface area (Å²) < 4.78 is 8.19. The van der Waals surface area contributed by atoms with Crippen LogP contribution in [-0.2, 0) is 6.54 Å². The Hall–Kier alpha value is -2.55. The van der Waals surface area contributed by atoms with E-state index in [1.807, 2.05) is 32.0 Å². The Morgan fingerprint density at radius 1 is 1.13 bits per heavy atom. The molecular formula is C20H21NO2. The van der Waals surface area contributed by atoms with Crippen LogP contribution in [0, 0.1) is 6.92 Å². The molecule has 0 saturated heterocycles. The molecular weight excluding hydrogens is 286 g/mol. The molecule has 0 aliphatic heterocycles. The van der Waals surface area contributed by atoms with E-state index in [-0.39, 0.29) is 6.10 Å². The first kappa shape index (κ1) is 15.3. The van der Waals surface area contributed by atoms with E-state index in [0.717, 1.165) is 24.1 Å². The molecule has 0 aliphatic rings. The van der Waals surface area contributed by atoms with Gasteiger partial charge in [-0.25, -0.2) is 0 Å². The summed E-state index contributed by atoms with van der Waals surface area (Å²) in [6.45, 7) is 6.82. The van der Waals surface area contributed by atoms with Crippen molar-refractivity contribution in [2.24, 2.45) is 0 Å². The molecule has 1 aromatic heterocycles. The fraction of sp³-hybridized carbons (Fsp3) is 0.250. The lowest BCUT2D eigenvalue weighted by Crippen LogP contribution is -2.10. The van der Waals surface area contributed by atoms with Gasteiger partial charge in [0, 0.05) is 22.3 Å². The lowest BCUT2D eigenvalue weighted by molar-refractivity contribution is 0.112. The number of nitrogens with zero attached hydrogens (tertiary/aromatic N) is 1. The summed E-state index contributed by atoms with van der Waals surface area (Å²) in [6.07, 6.45) is 0.922. The number of rotatable bonds is 5. The minimum absolute atomic E-state index is 0.0677. The molecule has 118 valence electrons. The normalized spacial score (nSPS) is 11.1. The van der Waals surface area contributed by atoms with Gasteiger partial charge in [-0.3, -0.25) is 4.79 Å². The molecule has 0 saturated carbocycles. The molecule has 2 aromatic carbocycles. The molecule has 0 unspecified atom stereocenters. The number of hydrogen-bond donors (Lipinski definition) is 0. The van der Waals surface area contributed by atoms with E-state index in [4.69, 9.17) is 4.74 Å². The summed E-state index contributed by atoms with van der Waals surface area (Å²) in [7, 11) is 0. The Bertz CT molecular complexity index is 846. The summed E-state index contributed by atoms with van der Waals surface area (Å²) in [5.74, 6) is 0.779. The number of aromatic nitrogens is 1. The number of benzene rings is 2. The molecule has 0 aliphatic carbocycles. The van der Waals surface area contributed by atoms with Gasteiger partial charge in [-0.2, -0.15) is 0 Å². The van der Waals surface area contributed by atoms with Crippen molar-refractivity contribution in [1.82, 2.24) is 4.57 Å². The SMILES string of the molecule is Cc1cc2ccccc2n1Cc1ccc(C=O)cc1OC(C)C. The van der Waals surface area contributed by atoms with Gasteiger partial charge in [0.1, 0.15) is 12.0 Å². The zero-order valence-electron chi connectivity index (χ0n) is 13.7. The maximum absolute atomic E-state index is 11.0. The van der Waals surface area contributed by atoms with Gasteiger partial charge in [0.15, 0.2) is 0 Å². The highest BCUT2D eigenvalue weighted by Crippen LogP contribution is 2.26. The number of ether oxygens (including phenoxy) is 1. The number of carbonyl (C=O) groups is 1. The molecule has 0 bridgehead atoms. The molecule has 1 heterocycles. The van der Waals surface area contributed by atoms with E-state index in [1.165, 1.54) is 16.6 Å². The zero-order chi connectivity index (χ0) is 16.4. The van der Waals surface area contributed by atoms with Gasteiger partial charge in [-0.15, -0.1) is 0 Å². The quantitative estimate of drug-likeness (QED) is 0.645. The van der Waals surface area contributed by atoms with Crippen molar-refractivity contribution in [3.63, 3.8) is 0 Å². The molecule has 23 heavy (non-hydrogen) atoms. The van der Waals surface area contributed by atoms with Crippen LogP contribution in [0.25, 0.3) is 10.9 Å². The molecule has 3 nitrogen and oxygen atoms in total. The summed E-state index contributed by atoms with van der Waals surface area (Å²) in [5, 5.41) is 1.24. The van der Waals surface area contributed by atoms with Gasteiger partial charge in [0.05, 0.1) is 12.6 Å². The van der Waals surface area contributed by atoms with Gasteiger partial charge >= 0.3 is 0 Å². The van der Waals surface area contributed by atoms with Gasteiger partial charge < -0.3 is 9.30 Å². The largest absolute Gasteiger partial charge is 0.491 e. The van der Waals surface area contributed by atoms with Crippen LogP contribution in [0.1, 0.15) is 35.5 Å². The van der Waals surface area contributed by atoms with Crippen molar-refractivity contribution in [2.45, 2.75) is 33.4 Å². The van der Waals surface area contributed by atoms with Crippen LogP contribution in [0.2, 0.25) is 0 Å². The van der Waals surface area contributed by atoms with E-state index in [0.29, 0.717) is 5.56 Å². The van der Waals surface area contributed by atoms with Gasteiger partial charge in [0.25, 0.3) is 0 Å². The third kappa shape index (κ3) is 3.14. The van der Waals surface area contributed by atoms with Crippen molar-refractivity contribution in [1.29, 1.82) is 0 Å². The first-order valence-electron chi connectivity index (χ1n) is 7.88. The molecule has 3 heteroatoms. The number of hydrogen-bond acceptors (Lipinski definition) is 2. The average Bonchev–Trinajstić information content (AvgIpc) is 2.84. The van der Waals surface area contributed by atoms with E-state index in [2.05, 4.69) is 41.8 Å². The molecule has 3 rings (SSSR count). The van der Waals surface area contributed by atoms with Crippen molar-refractivity contribution >= 4 is 17.2 Å². The van der Waals surface area contributed by atoms with Crippen molar-refractivity contribution in [3.8, 4) is 5.75 Å². The van der Waals surface area contributed by atoms with Crippen LogP contribution in [0.15, 0.2) is 48.5 Å². The first-order valence-corrected chi connectivity index (χ1v) is 7.88. The zero-order valence-corrected chi connectivity index (χ0v) is 13.7. The average molecular weight is 307 g/mol. The van der Waals surface area contributed by atoms with E-state index in [1.54, 1.807) is 0 Å². The number of fused-ring (bicyclic) bond motifs is 1. The summed E-state index contributed by atoms with van der Waals surface area (Å²) in [6, 6.07) is 16.2. The number of aldehydes is 1. The Morgan fingerprint density at radius 3 is 2.65 bits per heavy atom. The Morgan fingerprint density at radius 2 is 1.91 bits per heavy atom. The van der Waals surface area contributed by atoms with E-state index >= 15 is 0 Å². The van der Waals surface area contributed by atoms with Gasteiger partial charge in [0.2, 0.25) is 0 Å². The summed E-state index contributed by atoms with van der Waals surface area (Å²) >= 11 is 0. The maximum Gasteiger partial charge on any atom is 0.150 e. The minimum Gasteiger partial charge on any atom is -0.491 e. The van der Waals surface area contributed by atoms with Crippen LogP contribution < -0.4 is 4.74 Å². The number of aryl methyl sites for hydroxylation is 1. The van der Waals surface area contributed by atoms with Crippen LogP contribution in [0.3, 0.4) is 0 Å². The van der Waals surface area contributed by atoms with E-state index in [9.17, 15) is 4.79 Å². The lowest BCUT2D eigenvalue weighted by Gasteiger charge is -2.16. The Kier molecular flexibility index (Phi) is 4.20. The summed E-state index contributed by atoms with van der Waals surface area (Å²) in [5.41, 5.74) is 4.13. The van der Waals surface area contributed by atoms with Crippen molar-refractivity contribution < 1.29 is 9.53 Å². The fourth-order valence-corrected chi connectivity index (χ4v) is 2.87. The first-order chi connectivity index (χ1) is 11.1. The molecule has 0 amide bonds. The minimum atomic E-state index is 0.0677. The third-order valence-corrected chi connectivity index (χ3v) is 3.94. The summed E-state index contributed by atoms with van der Waals surface area (Å²) in [4.78, 5) is 11.0. The smallest absolute Gasteiger partial charge is 0.150 e. The van der Waals surface area contributed by atoms with Crippen molar-refractivity contribution in [2.75, 3.05) is 0 Å². The van der Waals surface area contributed by atoms with Crippen LogP contribution in [0.4, 0.5) is 0 Å². The topological polar surface area (TPSA) is 31.2 Å². The highest BCUT2D eigenvalue weighted by atomic mass is 16.5. The van der Waals surface area contributed by atoms with Gasteiger partial charge in [-0.05, 0) is 44.4 Å². The number of carbonyl (C=O) groups excluding carboxylic acids is 1. The monoisotopic (exact) mass is 307 g/mol. The molecule has 0 radical (unpaired) electrons. The molecule has 3 aromatic rings. The van der Waals surface area contributed by atoms with Gasteiger partial charge in [-0.1, -0.05) is 30.3 Å². The standard InChI is InChI=1S/C20H21NO2/c1-14(2)23-20-11-16(13-22)8-9-18(20)12-21-15(3)10-17-6-4-5-7-19(17)21/h4-11,13-14H,12H2,1-3H3. The van der Waals surface area contributed by atoms with Crippen molar-refractivity contribution in [3.05, 3.63) is 65.4 Å². The predicted molar refractivity (Wildman–Crippen MR) is 93.4 cm³/mol. The second-order valence-corrected chi connectivity index (χ2v) is 6.08. The second kappa shape index (κ2) is 6.29. The maximum atomic E-state index is 11.0. The van der Waals surface area contributed by atoms with Crippen LogP contribution >= 0.6 is 0 Å². The lowest BCUT2D eigenvalue weighted by atomic mass is 10.1. The highest BCUT2D eigenvalue weighted by Gasteiger charge is 2.11. The third-order valence-electron chi connectivity index (χ3n) is 3.94.